The van der Waals surface area contributed by atoms with Gasteiger partial charge in [-0.1, -0.05) is 32.1 Å². The number of ether oxygens (including phenoxy) is 2. The molecule has 0 heterocycles. The molecule has 1 saturated carbocycles. The third-order valence-electron chi connectivity index (χ3n) is 2.47. The van der Waals surface area contributed by atoms with Crippen LogP contribution in [0.4, 0.5) is 0 Å². The molecule has 0 unspecified atom stereocenters. The highest BCUT2D eigenvalue weighted by Gasteiger charge is 2.11. The fraction of sp³-hybridized carbons (Fsp3) is 0.900. The smallest absolute Gasteiger partial charge is 0.419 e. The molecule has 0 N–H and O–H groups in total. The van der Waals surface area contributed by atoms with Crippen LogP contribution >= 0.6 is 0 Å². The normalized spacial score (nSPS) is 20.3. The van der Waals surface area contributed by atoms with E-state index in [9.17, 15) is 4.79 Å². The largest absolute Gasteiger partial charge is 0.430 e. The lowest BCUT2D eigenvalue weighted by Gasteiger charge is -2.19. The van der Waals surface area contributed by atoms with E-state index in [0.717, 1.165) is 12.8 Å². The lowest BCUT2D eigenvalue weighted by molar-refractivity contribution is -0.0520. The number of rotatable bonds is 4. The molecule has 75 valence electrons. The lowest BCUT2D eigenvalue weighted by Crippen LogP contribution is -2.16. The van der Waals surface area contributed by atoms with Gasteiger partial charge in [0.2, 0.25) is 0 Å². The summed E-state index contributed by atoms with van der Waals surface area (Å²) in [6.07, 6.45) is 8.91. The van der Waals surface area contributed by atoms with Crippen LogP contribution in [0.1, 0.15) is 44.9 Å². The van der Waals surface area contributed by atoms with Gasteiger partial charge in [0.05, 0.1) is 6.10 Å². The van der Waals surface area contributed by atoms with Gasteiger partial charge in [0, 0.05) is 0 Å². The quantitative estimate of drug-likeness (QED) is 0.497. The van der Waals surface area contributed by atoms with Crippen LogP contribution in [0.3, 0.4) is 0 Å². The van der Waals surface area contributed by atoms with Crippen LogP contribution < -0.4 is 0 Å². The molecular weight excluding hydrogens is 168 g/mol. The highest BCUT2D eigenvalue weighted by atomic mass is 16.7. The molecule has 3 heteroatoms. The van der Waals surface area contributed by atoms with Gasteiger partial charge >= 0.3 is 6.47 Å². The van der Waals surface area contributed by atoms with E-state index in [2.05, 4.69) is 4.74 Å². The van der Waals surface area contributed by atoms with Crippen molar-refractivity contribution >= 4 is 6.47 Å². The van der Waals surface area contributed by atoms with Gasteiger partial charge < -0.3 is 9.47 Å². The van der Waals surface area contributed by atoms with Crippen LogP contribution in [0.25, 0.3) is 0 Å². The summed E-state index contributed by atoms with van der Waals surface area (Å²) in [4.78, 5) is 9.74. The Morgan fingerprint density at radius 2 is 1.69 bits per heavy atom. The molecule has 1 fully saturated rings. The second kappa shape index (κ2) is 6.89. The van der Waals surface area contributed by atoms with Crippen LogP contribution in [0.5, 0.6) is 0 Å². The first-order valence-corrected chi connectivity index (χ1v) is 5.04. The Morgan fingerprint density at radius 1 is 1.08 bits per heavy atom. The zero-order valence-corrected chi connectivity index (χ0v) is 7.96. The van der Waals surface area contributed by atoms with Gasteiger partial charge in [-0.3, -0.25) is 0 Å². The molecule has 3 nitrogen and oxygen atoms in total. The van der Waals surface area contributed by atoms with Crippen molar-refractivity contribution in [2.24, 2.45) is 0 Å². The minimum Gasteiger partial charge on any atom is -0.430 e. The Morgan fingerprint density at radius 3 is 2.31 bits per heavy atom. The van der Waals surface area contributed by atoms with Crippen molar-refractivity contribution in [3.8, 4) is 0 Å². The van der Waals surface area contributed by atoms with Crippen LogP contribution in [-0.2, 0) is 14.3 Å². The molecule has 0 saturated heterocycles. The van der Waals surface area contributed by atoms with E-state index < -0.39 is 0 Å². The van der Waals surface area contributed by atoms with E-state index in [1.54, 1.807) is 0 Å². The van der Waals surface area contributed by atoms with Gasteiger partial charge in [-0.2, -0.15) is 0 Å². The Labute approximate surface area is 79.4 Å². The molecule has 0 bridgehead atoms. The zero-order chi connectivity index (χ0) is 9.36. The van der Waals surface area contributed by atoms with Gasteiger partial charge in [-0.15, -0.1) is 0 Å². The predicted octanol–water partition coefficient (Wildman–Crippen LogP) is 2.16. The van der Waals surface area contributed by atoms with E-state index in [1.165, 1.54) is 38.6 Å². The second-order valence-electron chi connectivity index (χ2n) is 3.48. The molecule has 0 aromatic heterocycles. The van der Waals surface area contributed by atoms with E-state index >= 15 is 0 Å². The fourth-order valence-electron chi connectivity index (χ4n) is 1.74. The summed E-state index contributed by atoms with van der Waals surface area (Å²) in [6.45, 7) is 1.42. The summed E-state index contributed by atoms with van der Waals surface area (Å²) >= 11 is 0. The SMILES string of the molecule is O=[C]OCOC1CCCCCCC1. The van der Waals surface area contributed by atoms with Crippen molar-refractivity contribution in [1.82, 2.24) is 0 Å². The molecule has 13 heavy (non-hydrogen) atoms. The molecule has 0 aliphatic heterocycles. The summed E-state index contributed by atoms with van der Waals surface area (Å²) in [5.41, 5.74) is 0. The molecule has 1 radical (unpaired) electrons. The van der Waals surface area contributed by atoms with E-state index in [4.69, 9.17) is 4.74 Å². The Kier molecular flexibility index (Phi) is 5.57. The molecule has 1 aliphatic carbocycles. The topological polar surface area (TPSA) is 35.5 Å². The first-order chi connectivity index (χ1) is 6.43. The highest BCUT2D eigenvalue weighted by molar-refractivity contribution is 5.37. The average molecular weight is 185 g/mol. The van der Waals surface area contributed by atoms with E-state index in [1.807, 2.05) is 0 Å². The monoisotopic (exact) mass is 185 g/mol. The summed E-state index contributed by atoms with van der Waals surface area (Å²) < 4.78 is 9.75. The molecule has 0 aromatic rings. The van der Waals surface area contributed by atoms with Crippen molar-refractivity contribution in [2.75, 3.05) is 6.79 Å². The summed E-state index contributed by atoms with van der Waals surface area (Å²) in [7, 11) is 0. The van der Waals surface area contributed by atoms with Gasteiger partial charge in [-0.25, -0.2) is 4.79 Å². The third-order valence-corrected chi connectivity index (χ3v) is 2.47. The Bertz CT molecular complexity index is 128. The minimum atomic E-state index is 0.0637. The maximum Gasteiger partial charge on any atom is 0.419 e. The molecule has 1 rings (SSSR count). The first kappa shape index (κ1) is 10.5. The molecule has 1 aliphatic rings. The Hall–Kier alpha value is -0.570. The molecule has 0 atom stereocenters. The second-order valence-corrected chi connectivity index (χ2v) is 3.48. The third kappa shape index (κ3) is 4.88. The van der Waals surface area contributed by atoms with Crippen molar-refractivity contribution in [3.63, 3.8) is 0 Å². The molecule has 0 spiro atoms. The number of carbonyl (C=O) groups excluding carboxylic acids is 1. The van der Waals surface area contributed by atoms with E-state index in [-0.39, 0.29) is 12.9 Å². The van der Waals surface area contributed by atoms with Crippen molar-refractivity contribution < 1.29 is 14.3 Å². The van der Waals surface area contributed by atoms with Crippen molar-refractivity contribution in [2.45, 2.75) is 51.0 Å². The minimum absolute atomic E-state index is 0.0637. The van der Waals surface area contributed by atoms with Crippen molar-refractivity contribution in [1.29, 1.82) is 0 Å². The van der Waals surface area contributed by atoms with Gasteiger partial charge in [0.15, 0.2) is 6.79 Å². The average Bonchev–Trinajstić information content (AvgIpc) is 2.08. The fourth-order valence-corrected chi connectivity index (χ4v) is 1.74. The lowest BCUT2D eigenvalue weighted by atomic mass is 9.99. The molecule has 0 amide bonds. The molecule has 0 aromatic carbocycles. The maximum absolute atomic E-state index is 9.74. The van der Waals surface area contributed by atoms with Gasteiger partial charge in [0.1, 0.15) is 0 Å². The van der Waals surface area contributed by atoms with Gasteiger partial charge in [0.25, 0.3) is 0 Å². The van der Waals surface area contributed by atoms with Crippen LogP contribution in [0, 0.1) is 0 Å². The maximum atomic E-state index is 9.74. The highest BCUT2D eigenvalue weighted by Crippen LogP contribution is 2.19. The first-order valence-electron chi connectivity index (χ1n) is 5.04. The number of hydrogen-bond acceptors (Lipinski definition) is 3. The van der Waals surface area contributed by atoms with Gasteiger partial charge in [-0.05, 0) is 12.8 Å². The summed E-state index contributed by atoms with van der Waals surface area (Å²) in [5, 5.41) is 0. The van der Waals surface area contributed by atoms with Crippen LogP contribution in [0.15, 0.2) is 0 Å². The predicted molar refractivity (Wildman–Crippen MR) is 48.8 cm³/mol. The van der Waals surface area contributed by atoms with Crippen LogP contribution in [-0.4, -0.2) is 19.4 Å². The number of hydrogen-bond donors (Lipinski definition) is 0. The summed E-state index contributed by atoms with van der Waals surface area (Å²) in [6, 6.07) is 0. The van der Waals surface area contributed by atoms with E-state index in [0.29, 0.717) is 0 Å². The van der Waals surface area contributed by atoms with Crippen molar-refractivity contribution in [3.05, 3.63) is 0 Å². The van der Waals surface area contributed by atoms with Crippen LogP contribution in [0.2, 0.25) is 0 Å². The molecular formula is C10H17O3. The Balaban J connectivity index is 2.10. The zero-order valence-electron chi connectivity index (χ0n) is 7.96. The summed E-state index contributed by atoms with van der Waals surface area (Å²) in [5.74, 6) is 0. The standard InChI is InChI=1S/C10H17O3/c11-8-12-9-13-10-6-4-2-1-3-5-7-10/h10H,1-7,9H2.